The zero-order valence-corrected chi connectivity index (χ0v) is 23.5. The maximum Gasteiger partial charge on any atom is 0.297 e. The fourth-order valence-electron chi connectivity index (χ4n) is 4.91. The molecular weight excluding hydrogens is 553 g/mol. The zero-order chi connectivity index (χ0) is 27.0. The summed E-state index contributed by atoms with van der Waals surface area (Å²) in [6.07, 6.45) is -1.30. The number of ether oxygens (including phenoxy) is 1. The molecule has 4 rings (SSSR count). The number of halogens is 3. The molecule has 0 spiro atoms. The molecule has 0 radical (unpaired) electrons. The third-order valence-corrected chi connectivity index (χ3v) is 8.83. The van der Waals surface area contributed by atoms with Gasteiger partial charge in [0.15, 0.2) is 0 Å². The van der Waals surface area contributed by atoms with Crippen LogP contribution < -0.4 is 4.74 Å². The van der Waals surface area contributed by atoms with Gasteiger partial charge in [0.1, 0.15) is 17.6 Å². The Morgan fingerprint density at radius 1 is 0.919 bits per heavy atom. The fourth-order valence-corrected chi connectivity index (χ4v) is 6.72. The summed E-state index contributed by atoms with van der Waals surface area (Å²) in [5.41, 5.74) is 1.07. The first-order valence-corrected chi connectivity index (χ1v) is 14.2. The predicted octanol–water partition coefficient (Wildman–Crippen LogP) is 7.81. The summed E-state index contributed by atoms with van der Waals surface area (Å²) in [5, 5.41) is 10.2. The summed E-state index contributed by atoms with van der Waals surface area (Å²) in [4.78, 5) is -0.0325. The van der Waals surface area contributed by atoms with Crippen molar-refractivity contribution in [2.24, 2.45) is 17.3 Å². The number of benzene rings is 3. The van der Waals surface area contributed by atoms with Crippen LogP contribution in [0.2, 0.25) is 0 Å². The first-order valence-electron chi connectivity index (χ1n) is 11.6. The lowest BCUT2D eigenvalue weighted by Gasteiger charge is -2.26. The Labute approximate surface area is 233 Å². The van der Waals surface area contributed by atoms with Crippen LogP contribution in [0.1, 0.15) is 30.9 Å². The first kappa shape index (κ1) is 27.8. The molecule has 0 N–H and O–H groups in total. The van der Waals surface area contributed by atoms with Gasteiger partial charge in [-0.3, -0.25) is 4.18 Å². The van der Waals surface area contributed by atoms with Gasteiger partial charge in [0.05, 0.1) is 16.9 Å². The van der Waals surface area contributed by atoms with E-state index in [1.165, 1.54) is 12.1 Å². The van der Waals surface area contributed by atoms with Crippen LogP contribution in [-0.2, 0) is 14.3 Å². The third-order valence-electron chi connectivity index (χ3n) is 6.88. The number of alkyl halides is 3. The van der Waals surface area contributed by atoms with Crippen molar-refractivity contribution in [3.63, 3.8) is 0 Å². The van der Waals surface area contributed by atoms with Crippen LogP contribution in [0.5, 0.6) is 11.5 Å². The standard InChI is InChI=1S/C28H26Cl3NO4S/c1-18-12-14-22(15-13-18)37(33,34)36-26(28(29,30)31)25-24(27(25,2)3)23(17-32)19-8-7-11-21(16-19)35-20-9-5-4-6-10-20/h4-16,23-26H,1-3H3/t23-,24-,25-,26-/m1/s1. The van der Waals surface area contributed by atoms with Gasteiger partial charge in [-0.05, 0) is 60.2 Å². The van der Waals surface area contributed by atoms with Gasteiger partial charge >= 0.3 is 0 Å². The predicted molar refractivity (Wildman–Crippen MR) is 146 cm³/mol. The van der Waals surface area contributed by atoms with E-state index in [9.17, 15) is 13.7 Å². The minimum atomic E-state index is -4.23. The Kier molecular flexibility index (Phi) is 7.86. The van der Waals surface area contributed by atoms with Crippen LogP contribution in [0.15, 0.2) is 83.8 Å². The lowest BCUT2D eigenvalue weighted by molar-refractivity contribution is 0.170. The van der Waals surface area contributed by atoms with Gasteiger partial charge in [0, 0.05) is 5.92 Å². The molecule has 0 heterocycles. The second-order valence-corrected chi connectivity index (χ2v) is 13.7. The van der Waals surface area contributed by atoms with E-state index in [1.54, 1.807) is 18.2 Å². The summed E-state index contributed by atoms with van der Waals surface area (Å²) >= 11 is 18.9. The maximum atomic E-state index is 13.1. The quantitative estimate of drug-likeness (QED) is 0.201. The molecule has 0 amide bonds. The number of aryl methyl sites for hydroxylation is 1. The van der Waals surface area contributed by atoms with Gasteiger partial charge in [-0.2, -0.15) is 13.7 Å². The average Bonchev–Trinajstić information content (AvgIpc) is 3.39. The van der Waals surface area contributed by atoms with Crippen LogP contribution >= 0.6 is 34.8 Å². The molecule has 1 fully saturated rings. The molecule has 1 aliphatic carbocycles. The van der Waals surface area contributed by atoms with Gasteiger partial charge in [0.25, 0.3) is 10.1 Å². The van der Waals surface area contributed by atoms with Crippen LogP contribution in [-0.4, -0.2) is 18.3 Å². The largest absolute Gasteiger partial charge is 0.457 e. The van der Waals surface area contributed by atoms with Crippen molar-refractivity contribution < 1.29 is 17.3 Å². The van der Waals surface area contributed by atoms with E-state index < -0.39 is 37.3 Å². The minimum absolute atomic E-state index is 0.0325. The Bertz CT molecular complexity index is 1400. The van der Waals surface area contributed by atoms with E-state index in [2.05, 4.69) is 6.07 Å². The number of nitriles is 1. The Morgan fingerprint density at radius 2 is 1.54 bits per heavy atom. The lowest BCUT2D eigenvalue weighted by Crippen LogP contribution is -2.35. The number of rotatable bonds is 8. The van der Waals surface area contributed by atoms with E-state index in [-0.39, 0.29) is 10.8 Å². The van der Waals surface area contributed by atoms with Crippen molar-refractivity contribution in [3.05, 3.63) is 90.0 Å². The average molecular weight is 579 g/mol. The zero-order valence-electron chi connectivity index (χ0n) is 20.4. The van der Waals surface area contributed by atoms with Gasteiger partial charge in [-0.1, -0.05) is 96.7 Å². The van der Waals surface area contributed by atoms with Gasteiger partial charge in [-0.25, -0.2) is 0 Å². The molecule has 5 nitrogen and oxygen atoms in total. The molecule has 0 aliphatic heterocycles. The molecule has 1 saturated carbocycles. The number of nitrogens with zero attached hydrogens (tertiary/aromatic N) is 1. The number of hydrogen-bond donors (Lipinski definition) is 0. The second-order valence-electron chi connectivity index (χ2n) is 9.79. The summed E-state index contributed by atoms with van der Waals surface area (Å²) in [7, 11) is -4.23. The molecule has 1 aliphatic rings. The monoisotopic (exact) mass is 577 g/mol. The van der Waals surface area contributed by atoms with Crippen molar-refractivity contribution in [3.8, 4) is 17.6 Å². The second kappa shape index (κ2) is 10.5. The van der Waals surface area contributed by atoms with Crippen LogP contribution in [0, 0.1) is 35.5 Å². The molecule has 3 aromatic rings. The topological polar surface area (TPSA) is 76.4 Å². The molecule has 194 valence electrons. The molecule has 3 aromatic carbocycles. The molecule has 0 saturated heterocycles. The Hall–Kier alpha value is -2.27. The van der Waals surface area contributed by atoms with Crippen LogP contribution in [0.25, 0.3) is 0 Å². The maximum absolute atomic E-state index is 13.1. The van der Waals surface area contributed by atoms with Crippen molar-refractivity contribution in [2.75, 3.05) is 0 Å². The van der Waals surface area contributed by atoms with Gasteiger partial charge in [0.2, 0.25) is 3.79 Å². The Morgan fingerprint density at radius 3 is 2.14 bits per heavy atom. The Balaban J connectivity index is 1.62. The fraction of sp³-hybridized carbons (Fsp3) is 0.321. The van der Waals surface area contributed by atoms with E-state index in [0.717, 1.165) is 11.1 Å². The summed E-state index contributed by atoms with van der Waals surface area (Å²) in [6, 6.07) is 25.2. The summed E-state index contributed by atoms with van der Waals surface area (Å²) in [5.74, 6) is -0.222. The highest BCUT2D eigenvalue weighted by Gasteiger charge is 2.68. The van der Waals surface area contributed by atoms with Gasteiger partial charge < -0.3 is 4.74 Å². The smallest absolute Gasteiger partial charge is 0.297 e. The van der Waals surface area contributed by atoms with E-state index in [4.69, 9.17) is 43.7 Å². The van der Waals surface area contributed by atoms with Crippen LogP contribution in [0.4, 0.5) is 0 Å². The van der Waals surface area contributed by atoms with E-state index in [1.807, 2.05) is 69.3 Å². The molecule has 4 atom stereocenters. The van der Waals surface area contributed by atoms with Crippen LogP contribution in [0.3, 0.4) is 0 Å². The molecule has 0 unspecified atom stereocenters. The normalized spacial score (nSPS) is 20.5. The summed E-state index contributed by atoms with van der Waals surface area (Å²) < 4.78 is 35.7. The molecule has 0 bridgehead atoms. The number of hydrogen-bond acceptors (Lipinski definition) is 5. The summed E-state index contributed by atoms with van der Waals surface area (Å²) in [6.45, 7) is 5.69. The molecule has 37 heavy (non-hydrogen) atoms. The highest BCUT2D eigenvalue weighted by Crippen LogP contribution is 2.68. The van der Waals surface area contributed by atoms with E-state index in [0.29, 0.717) is 11.5 Å². The third kappa shape index (κ3) is 6.08. The lowest BCUT2D eigenvalue weighted by atomic mass is 9.91. The highest BCUT2D eigenvalue weighted by molar-refractivity contribution is 7.86. The van der Waals surface area contributed by atoms with Crippen molar-refractivity contribution in [1.29, 1.82) is 5.26 Å². The van der Waals surface area contributed by atoms with Crippen molar-refractivity contribution in [2.45, 2.75) is 41.5 Å². The minimum Gasteiger partial charge on any atom is -0.457 e. The SMILES string of the molecule is Cc1ccc(S(=O)(=O)O[C@H]([C@H]2[C@@H]([C@H](C#N)c3cccc(Oc4ccccc4)c3)C2(C)C)C(Cl)(Cl)Cl)cc1. The molecular formula is C28H26Cl3NO4S. The van der Waals surface area contributed by atoms with Crippen molar-refractivity contribution in [1.82, 2.24) is 0 Å². The highest BCUT2D eigenvalue weighted by atomic mass is 35.6. The molecule has 0 aromatic heterocycles. The number of para-hydroxylation sites is 1. The molecule has 9 heteroatoms. The first-order chi connectivity index (χ1) is 17.3. The van der Waals surface area contributed by atoms with Crippen molar-refractivity contribution >= 4 is 44.9 Å². The van der Waals surface area contributed by atoms with E-state index >= 15 is 0 Å². The van der Waals surface area contributed by atoms with Gasteiger partial charge in [-0.15, -0.1) is 0 Å².